The number of hydrogen-bond acceptors (Lipinski definition) is 3. The molecule has 0 saturated carbocycles. The van der Waals surface area contributed by atoms with Crippen LogP contribution in [0.3, 0.4) is 0 Å². The van der Waals surface area contributed by atoms with Crippen LogP contribution in [0.25, 0.3) is 138 Å². The van der Waals surface area contributed by atoms with Gasteiger partial charge >= 0.3 is 0 Å². The van der Waals surface area contributed by atoms with Gasteiger partial charge in [-0.2, -0.15) is 0 Å². The average Bonchev–Trinajstić information content (AvgIpc) is 3.81. The molecule has 0 atom stereocenters. The number of hydrogen-bond donors (Lipinski definition) is 0. The van der Waals surface area contributed by atoms with Gasteiger partial charge in [0.1, 0.15) is 0 Å². The number of nitrogens with zero attached hydrogens (tertiary/aromatic N) is 4. The smallest absolute Gasteiger partial charge is 0.164 e. The van der Waals surface area contributed by atoms with Gasteiger partial charge in [0, 0.05) is 33.2 Å². The van der Waals surface area contributed by atoms with E-state index in [1.165, 1.54) is 81.9 Å². The van der Waals surface area contributed by atoms with Gasteiger partial charge in [-0.05, 0) is 119 Å². The zero-order chi connectivity index (χ0) is 48.2. The second-order valence-electron chi connectivity index (χ2n) is 18.7. The first kappa shape index (κ1) is 42.1. The zero-order valence-corrected chi connectivity index (χ0v) is 39.7. The van der Waals surface area contributed by atoms with Crippen molar-refractivity contribution < 1.29 is 0 Å². The normalized spacial score (nSPS) is 11.6. The first-order valence-corrected chi connectivity index (χ1v) is 24.8. The summed E-state index contributed by atoms with van der Waals surface area (Å²) in [5, 5.41) is 9.84. The molecule has 14 rings (SSSR count). The molecule has 0 fully saturated rings. The Labute approximate surface area is 422 Å². The van der Waals surface area contributed by atoms with Crippen molar-refractivity contribution in [3.8, 4) is 84.4 Å². The molecule has 0 aliphatic rings. The molecule has 2 aromatic heterocycles. The fourth-order valence-corrected chi connectivity index (χ4v) is 10.9. The Morgan fingerprint density at radius 2 is 0.630 bits per heavy atom. The van der Waals surface area contributed by atoms with Crippen LogP contribution < -0.4 is 0 Å². The predicted octanol–water partition coefficient (Wildman–Crippen LogP) is 18.1. The summed E-state index contributed by atoms with van der Waals surface area (Å²) in [5.74, 6) is 1.89. The molecular weight excluding hydrogens is 885 g/mol. The van der Waals surface area contributed by atoms with E-state index in [1.54, 1.807) is 0 Å². The van der Waals surface area contributed by atoms with E-state index in [0.29, 0.717) is 17.5 Å². The summed E-state index contributed by atoms with van der Waals surface area (Å²) in [4.78, 5) is 15.3. The monoisotopic (exact) mass is 928 g/mol. The highest BCUT2D eigenvalue weighted by atomic mass is 15.0. The fraction of sp³-hybridized carbons (Fsp3) is 0. The van der Waals surface area contributed by atoms with Gasteiger partial charge in [-0.15, -0.1) is 0 Å². The van der Waals surface area contributed by atoms with Crippen molar-refractivity contribution in [1.82, 2.24) is 19.5 Å². The maximum Gasteiger partial charge on any atom is 0.164 e. The molecule has 0 bridgehead atoms. The van der Waals surface area contributed by atoms with E-state index in [1.807, 2.05) is 24.3 Å². The Hall–Kier alpha value is -9.77. The van der Waals surface area contributed by atoms with E-state index in [0.717, 1.165) is 39.1 Å². The minimum Gasteiger partial charge on any atom is -0.309 e. The third kappa shape index (κ3) is 7.44. The van der Waals surface area contributed by atoms with Crippen molar-refractivity contribution in [2.45, 2.75) is 0 Å². The third-order valence-electron chi connectivity index (χ3n) is 14.4. The molecule has 14 aromatic rings. The van der Waals surface area contributed by atoms with Gasteiger partial charge in [0.2, 0.25) is 0 Å². The summed E-state index contributed by atoms with van der Waals surface area (Å²) in [7, 11) is 0. The zero-order valence-electron chi connectivity index (χ0n) is 39.7. The molecule has 2 heterocycles. The molecule has 340 valence electrons. The summed E-state index contributed by atoms with van der Waals surface area (Å²) < 4.78 is 2.40. The Morgan fingerprint density at radius 3 is 1.32 bits per heavy atom. The fourth-order valence-electron chi connectivity index (χ4n) is 10.9. The van der Waals surface area contributed by atoms with Crippen molar-refractivity contribution in [3.05, 3.63) is 267 Å². The summed E-state index contributed by atoms with van der Waals surface area (Å²) in [6.07, 6.45) is 0. The molecule has 0 N–H and O–H groups in total. The summed E-state index contributed by atoms with van der Waals surface area (Å²) in [5.41, 5.74) is 15.6. The third-order valence-corrected chi connectivity index (χ3v) is 14.4. The van der Waals surface area contributed by atoms with E-state index in [4.69, 9.17) is 15.0 Å². The number of rotatable bonds is 8. The Balaban J connectivity index is 0.879. The molecule has 4 heteroatoms. The van der Waals surface area contributed by atoms with Crippen LogP contribution in [0.5, 0.6) is 0 Å². The van der Waals surface area contributed by atoms with Crippen LogP contribution >= 0.6 is 0 Å². The lowest BCUT2D eigenvalue weighted by Gasteiger charge is -2.16. The average molecular weight is 929 g/mol. The van der Waals surface area contributed by atoms with Crippen LogP contribution in [0.15, 0.2) is 267 Å². The first-order valence-electron chi connectivity index (χ1n) is 24.8. The molecule has 0 aliphatic heterocycles. The molecule has 0 unspecified atom stereocenters. The minimum atomic E-state index is 0.626. The van der Waals surface area contributed by atoms with Crippen molar-refractivity contribution >= 4 is 54.1 Å². The van der Waals surface area contributed by atoms with Crippen LogP contribution in [-0.4, -0.2) is 19.5 Å². The second kappa shape index (κ2) is 17.6. The van der Waals surface area contributed by atoms with Gasteiger partial charge in [-0.3, -0.25) is 0 Å². The molecule has 0 spiro atoms. The molecule has 0 saturated heterocycles. The van der Waals surface area contributed by atoms with Crippen LogP contribution in [-0.2, 0) is 0 Å². The van der Waals surface area contributed by atoms with Gasteiger partial charge in [0.05, 0.1) is 11.0 Å². The molecule has 0 aliphatic carbocycles. The second-order valence-corrected chi connectivity index (χ2v) is 18.7. The highest BCUT2D eigenvalue weighted by Crippen LogP contribution is 2.44. The van der Waals surface area contributed by atoms with Gasteiger partial charge in [-0.25, -0.2) is 15.0 Å². The van der Waals surface area contributed by atoms with E-state index in [9.17, 15) is 0 Å². The standard InChI is InChI=1S/C69H44N4/c1-4-16-45(17-5-1)47-30-32-50(33-31-47)68-70-67(49-20-8-3-9-21-49)71-69(72-68)54-23-14-22-51(42-54)52-36-40-61-62(43-52)58-25-11-10-24-57(58)60-28-15-27-56(66(60)61)53-37-41-65-63(44-53)59-26-12-13-29-64(59)73(65)55-38-34-48(35-39-55)46-18-6-2-7-19-46/h1-44H. The lowest BCUT2D eigenvalue weighted by molar-refractivity contribution is 1.07. The van der Waals surface area contributed by atoms with Crippen LogP contribution in [0, 0.1) is 0 Å². The molecule has 73 heavy (non-hydrogen) atoms. The summed E-state index contributed by atoms with van der Waals surface area (Å²) in [6.45, 7) is 0. The Kier molecular flexibility index (Phi) is 10.1. The largest absolute Gasteiger partial charge is 0.309 e. The van der Waals surface area contributed by atoms with Crippen molar-refractivity contribution in [1.29, 1.82) is 0 Å². The van der Waals surface area contributed by atoms with Crippen LogP contribution in [0.4, 0.5) is 0 Å². The van der Waals surface area contributed by atoms with Crippen molar-refractivity contribution in [3.63, 3.8) is 0 Å². The predicted molar refractivity (Wildman–Crippen MR) is 305 cm³/mol. The maximum absolute atomic E-state index is 5.14. The van der Waals surface area contributed by atoms with Crippen molar-refractivity contribution in [2.24, 2.45) is 0 Å². The molecule has 0 amide bonds. The van der Waals surface area contributed by atoms with Crippen molar-refractivity contribution in [2.75, 3.05) is 0 Å². The number of para-hydroxylation sites is 1. The lowest BCUT2D eigenvalue weighted by Crippen LogP contribution is -2.00. The highest BCUT2D eigenvalue weighted by molar-refractivity contribution is 6.29. The Morgan fingerprint density at radius 1 is 0.219 bits per heavy atom. The van der Waals surface area contributed by atoms with Gasteiger partial charge in [-0.1, -0.05) is 224 Å². The van der Waals surface area contributed by atoms with E-state index >= 15 is 0 Å². The number of fused-ring (bicyclic) bond motifs is 9. The van der Waals surface area contributed by atoms with E-state index in [-0.39, 0.29) is 0 Å². The molecule has 0 radical (unpaired) electrons. The number of aromatic nitrogens is 4. The van der Waals surface area contributed by atoms with Crippen LogP contribution in [0.2, 0.25) is 0 Å². The van der Waals surface area contributed by atoms with E-state index < -0.39 is 0 Å². The topological polar surface area (TPSA) is 43.6 Å². The Bertz CT molecular complexity index is 4390. The van der Waals surface area contributed by atoms with Gasteiger partial charge in [0.15, 0.2) is 17.5 Å². The molecule has 4 nitrogen and oxygen atoms in total. The van der Waals surface area contributed by atoms with Gasteiger partial charge in [0.25, 0.3) is 0 Å². The van der Waals surface area contributed by atoms with Gasteiger partial charge < -0.3 is 4.57 Å². The quantitative estimate of drug-likeness (QED) is 0.143. The number of benzene rings is 12. The lowest BCUT2D eigenvalue weighted by atomic mass is 9.88. The summed E-state index contributed by atoms with van der Waals surface area (Å²) >= 11 is 0. The SMILES string of the molecule is c1ccc(-c2ccc(-c3nc(-c4ccccc4)nc(-c4cccc(-c5ccc6c(c5)c5ccccc5c5cccc(-c7ccc8c(c7)c7ccccc7n8-c7ccc(-c8ccccc8)cc7)c56)c4)n3)cc2)cc1. The molecule has 12 aromatic carbocycles. The first-order chi connectivity index (χ1) is 36.2. The van der Waals surface area contributed by atoms with E-state index in [2.05, 4.69) is 247 Å². The van der Waals surface area contributed by atoms with Crippen LogP contribution in [0.1, 0.15) is 0 Å². The summed E-state index contributed by atoms with van der Waals surface area (Å²) in [6, 6.07) is 95.6. The minimum absolute atomic E-state index is 0.626. The molecular formula is C69H44N4. The highest BCUT2D eigenvalue weighted by Gasteiger charge is 2.19. The maximum atomic E-state index is 5.14.